The van der Waals surface area contributed by atoms with E-state index in [0.29, 0.717) is 0 Å². The second-order valence-corrected chi connectivity index (χ2v) is 5.33. The molecule has 94 valence electrons. The van der Waals surface area contributed by atoms with Gasteiger partial charge in [0, 0.05) is 17.3 Å². The monoisotopic (exact) mass is 248 g/mol. The molecule has 0 unspecified atom stereocenters. The third kappa shape index (κ3) is 1.40. The molecule has 0 saturated carbocycles. The van der Waals surface area contributed by atoms with Crippen LogP contribution in [0.4, 0.5) is 0 Å². The highest BCUT2D eigenvalue weighted by Crippen LogP contribution is 2.32. The zero-order valence-corrected chi connectivity index (χ0v) is 11.3. The van der Waals surface area contributed by atoms with E-state index in [1.165, 1.54) is 32.9 Å². The summed E-state index contributed by atoms with van der Waals surface area (Å²) in [4.78, 5) is 4.56. The largest absolute Gasteiger partial charge is 0.337 e. The number of benzene rings is 2. The van der Waals surface area contributed by atoms with Gasteiger partial charge in [-0.2, -0.15) is 0 Å². The van der Waals surface area contributed by atoms with E-state index in [1.54, 1.807) is 0 Å². The van der Waals surface area contributed by atoms with Crippen LogP contribution in [0.25, 0.3) is 21.7 Å². The summed E-state index contributed by atoms with van der Waals surface area (Å²) in [5.74, 6) is 0. The fourth-order valence-electron chi connectivity index (χ4n) is 3.26. The lowest BCUT2D eigenvalue weighted by Gasteiger charge is -2.15. The van der Waals surface area contributed by atoms with Crippen LogP contribution in [0.2, 0.25) is 0 Å². The molecule has 3 aromatic rings. The summed E-state index contributed by atoms with van der Waals surface area (Å²) in [7, 11) is 0. The highest BCUT2D eigenvalue weighted by atomic mass is 15.0. The minimum Gasteiger partial charge on any atom is -0.337 e. The van der Waals surface area contributed by atoms with Gasteiger partial charge >= 0.3 is 0 Å². The minimum absolute atomic E-state index is 0.894. The average Bonchev–Trinajstić information content (AvgIpc) is 2.79. The Labute approximate surface area is 112 Å². The van der Waals surface area contributed by atoms with Crippen LogP contribution < -0.4 is 0 Å². The molecule has 0 aliphatic carbocycles. The molecule has 19 heavy (non-hydrogen) atoms. The molecule has 2 aromatic carbocycles. The molecule has 0 spiro atoms. The molecule has 0 saturated heterocycles. The van der Waals surface area contributed by atoms with Gasteiger partial charge in [0.15, 0.2) is 0 Å². The first-order valence-electron chi connectivity index (χ1n) is 6.79. The Kier molecular flexibility index (Phi) is 2.10. The molecule has 1 aliphatic rings. The predicted octanol–water partition coefficient (Wildman–Crippen LogP) is 3.93. The quantitative estimate of drug-likeness (QED) is 0.573. The molecule has 0 N–H and O–H groups in total. The first-order chi connectivity index (χ1) is 9.25. The van der Waals surface area contributed by atoms with Crippen LogP contribution in [0.3, 0.4) is 0 Å². The number of aromatic nitrogens is 1. The molecule has 0 amide bonds. The summed E-state index contributed by atoms with van der Waals surface area (Å²) in [5, 5.41) is 4.05. The lowest BCUT2D eigenvalue weighted by molar-refractivity contribution is 0.711. The van der Waals surface area contributed by atoms with Crippen molar-refractivity contribution in [1.82, 2.24) is 4.57 Å². The van der Waals surface area contributed by atoms with Crippen LogP contribution in [-0.4, -0.2) is 16.8 Å². The molecule has 0 radical (unpaired) electrons. The zero-order valence-electron chi connectivity index (χ0n) is 11.3. The van der Waals surface area contributed by atoms with Crippen molar-refractivity contribution in [2.24, 2.45) is 4.99 Å². The normalized spacial score (nSPS) is 14.7. The van der Waals surface area contributed by atoms with Gasteiger partial charge in [0.1, 0.15) is 0 Å². The predicted molar refractivity (Wildman–Crippen MR) is 81.3 cm³/mol. The second-order valence-electron chi connectivity index (χ2n) is 5.33. The molecule has 2 nitrogen and oxygen atoms in total. The summed E-state index contributed by atoms with van der Waals surface area (Å²) < 4.78 is 2.43. The van der Waals surface area contributed by atoms with Gasteiger partial charge in [-0.05, 0) is 36.9 Å². The molecular weight excluding hydrogens is 232 g/mol. The van der Waals surface area contributed by atoms with Crippen LogP contribution in [0, 0.1) is 6.92 Å². The fraction of sp³-hybridized carbons (Fsp3) is 0.235. The van der Waals surface area contributed by atoms with Crippen molar-refractivity contribution in [1.29, 1.82) is 0 Å². The summed E-state index contributed by atoms with van der Waals surface area (Å²) >= 11 is 0. The van der Waals surface area contributed by atoms with E-state index in [9.17, 15) is 0 Å². The van der Waals surface area contributed by atoms with E-state index in [1.807, 2.05) is 0 Å². The Morgan fingerprint density at radius 1 is 1.05 bits per heavy atom. The first kappa shape index (κ1) is 10.8. The molecule has 4 rings (SSSR count). The minimum atomic E-state index is 0.894. The summed E-state index contributed by atoms with van der Waals surface area (Å²) in [6, 6.07) is 13.3. The Balaban J connectivity index is 2.24. The van der Waals surface area contributed by atoms with Gasteiger partial charge in [-0.3, -0.25) is 4.99 Å². The molecule has 1 aliphatic heterocycles. The van der Waals surface area contributed by atoms with E-state index in [0.717, 1.165) is 18.8 Å². The van der Waals surface area contributed by atoms with Crippen molar-refractivity contribution in [3.05, 3.63) is 47.7 Å². The third-order valence-corrected chi connectivity index (χ3v) is 4.15. The maximum atomic E-state index is 4.56. The average molecular weight is 248 g/mol. The van der Waals surface area contributed by atoms with E-state index in [2.05, 4.69) is 59.8 Å². The van der Waals surface area contributed by atoms with Gasteiger partial charge in [0.05, 0.1) is 23.5 Å². The molecule has 0 atom stereocenters. The number of fused-ring (bicyclic) bond motifs is 5. The Hall–Kier alpha value is -2.09. The van der Waals surface area contributed by atoms with Crippen molar-refractivity contribution in [2.75, 3.05) is 6.54 Å². The maximum absolute atomic E-state index is 4.56. The Morgan fingerprint density at radius 3 is 2.68 bits per heavy atom. The van der Waals surface area contributed by atoms with Gasteiger partial charge in [-0.25, -0.2) is 0 Å². The molecule has 0 bridgehead atoms. The molecule has 0 fully saturated rings. The van der Waals surface area contributed by atoms with Crippen LogP contribution in [0.1, 0.15) is 18.2 Å². The number of hydrogen-bond acceptors (Lipinski definition) is 1. The van der Waals surface area contributed by atoms with Gasteiger partial charge in [-0.15, -0.1) is 0 Å². The fourth-order valence-corrected chi connectivity index (χ4v) is 3.26. The standard InChI is InChI=1S/C17H16N2/c1-11-9-13-10-16-12(2)18-7-8-19(16)17(13)15-6-4-3-5-14(11)15/h3-6,9-10H,7-8H2,1-2H3. The highest BCUT2D eigenvalue weighted by molar-refractivity contribution is 6.11. The van der Waals surface area contributed by atoms with Crippen molar-refractivity contribution >= 4 is 27.4 Å². The summed E-state index contributed by atoms with van der Waals surface area (Å²) in [6.07, 6.45) is 0. The lowest BCUT2D eigenvalue weighted by Crippen LogP contribution is -2.15. The van der Waals surface area contributed by atoms with E-state index in [4.69, 9.17) is 0 Å². The molecular formula is C17H16N2. The van der Waals surface area contributed by atoms with E-state index in [-0.39, 0.29) is 0 Å². The van der Waals surface area contributed by atoms with Crippen molar-refractivity contribution in [3.63, 3.8) is 0 Å². The third-order valence-electron chi connectivity index (χ3n) is 4.15. The van der Waals surface area contributed by atoms with Crippen LogP contribution in [0.5, 0.6) is 0 Å². The van der Waals surface area contributed by atoms with Crippen LogP contribution >= 0.6 is 0 Å². The van der Waals surface area contributed by atoms with Crippen LogP contribution in [0.15, 0.2) is 41.4 Å². The number of hydrogen-bond donors (Lipinski definition) is 0. The summed E-state index contributed by atoms with van der Waals surface area (Å²) in [6.45, 7) is 6.19. The summed E-state index contributed by atoms with van der Waals surface area (Å²) in [5.41, 5.74) is 5.15. The van der Waals surface area contributed by atoms with Gasteiger partial charge in [-0.1, -0.05) is 24.3 Å². The van der Waals surface area contributed by atoms with Crippen molar-refractivity contribution in [3.8, 4) is 0 Å². The Morgan fingerprint density at radius 2 is 1.84 bits per heavy atom. The van der Waals surface area contributed by atoms with E-state index >= 15 is 0 Å². The van der Waals surface area contributed by atoms with Gasteiger partial charge in [0.2, 0.25) is 0 Å². The second kappa shape index (κ2) is 3.70. The van der Waals surface area contributed by atoms with Gasteiger partial charge in [0.25, 0.3) is 0 Å². The Bertz CT molecular complexity index is 837. The van der Waals surface area contributed by atoms with Crippen molar-refractivity contribution in [2.45, 2.75) is 20.4 Å². The SMILES string of the molecule is CC1=NCCn2c1cc1cc(C)c3ccccc3c12. The number of aryl methyl sites for hydroxylation is 1. The number of aliphatic imine (C=N–C) groups is 1. The molecule has 2 heteroatoms. The zero-order chi connectivity index (χ0) is 13.0. The lowest BCUT2D eigenvalue weighted by atomic mass is 10.0. The highest BCUT2D eigenvalue weighted by Gasteiger charge is 2.16. The topological polar surface area (TPSA) is 17.3 Å². The van der Waals surface area contributed by atoms with Crippen LogP contribution in [-0.2, 0) is 6.54 Å². The van der Waals surface area contributed by atoms with Crippen molar-refractivity contribution < 1.29 is 0 Å². The van der Waals surface area contributed by atoms with E-state index < -0.39 is 0 Å². The smallest absolute Gasteiger partial charge is 0.0629 e. The molecule has 1 aromatic heterocycles. The maximum Gasteiger partial charge on any atom is 0.0629 e. The first-order valence-corrected chi connectivity index (χ1v) is 6.79. The number of rotatable bonds is 0. The number of nitrogens with zero attached hydrogens (tertiary/aromatic N) is 2. The molecule has 2 heterocycles. The van der Waals surface area contributed by atoms with Gasteiger partial charge < -0.3 is 4.57 Å².